The van der Waals surface area contributed by atoms with Crippen LogP contribution in [0.3, 0.4) is 0 Å². The Morgan fingerprint density at radius 3 is 2.58 bits per heavy atom. The summed E-state index contributed by atoms with van der Waals surface area (Å²) in [5.41, 5.74) is 2.86. The van der Waals surface area contributed by atoms with Gasteiger partial charge < -0.3 is 4.42 Å². The van der Waals surface area contributed by atoms with E-state index in [9.17, 15) is 9.18 Å². The first-order chi connectivity index (χ1) is 12.6. The summed E-state index contributed by atoms with van der Waals surface area (Å²) >= 11 is 0. The maximum Gasteiger partial charge on any atom is 0.277 e. The number of carbonyl (C=O) groups excluding carboxylic acids is 1. The Labute approximate surface area is 150 Å². The SMILES string of the molecule is Cc1ccc(C2=NN(C(=O)c3ccccc3F)[C@H](c3ccco3)C2)cc1. The predicted octanol–water partition coefficient (Wildman–Crippen LogP) is 4.72. The molecule has 0 spiro atoms. The fraction of sp³-hybridized carbons (Fsp3) is 0.143. The third-order valence-corrected chi connectivity index (χ3v) is 4.48. The summed E-state index contributed by atoms with van der Waals surface area (Å²) in [4.78, 5) is 12.9. The second-order valence-corrected chi connectivity index (χ2v) is 6.28. The highest BCUT2D eigenvalue weighted by atomic mass is 19.1. The fourth-order valence-corrected chi connectivity index (χ4v) is 3.08. The summed E-state index contributed by atoms with van der Waals surface area (Å²) in [5.74, 6) is -0.415. The lowest BCUT2D eigenvalue weighted by atomic mass is 10.0. The molecule has 1 aromatic heterocycles. The van der Waals surface area contributed by atoms with Crippen molar-refractivity contribution in [2.75, 3.05) is 0 Å². The van der Waals surface area contributed by atoms with E-state index in [-0.39, 0.29) is 5.56 Å². The number of rotatable bonds is 3. The number of hydrogen-bond acceptors (Lipinski definition) is 3. The van der Waals surface area contributed by atoms with Gasteiger partial charge in [0.25, 0.3) is 5.91 Å². The van der Waals surface area contributed by atoms with Crippen LogP contribution in [0.4, 0.5) is 4.39 Å². The molecule has 1 aliphatic heterocycles. The third-order valence-electron chi connectivity index (χ3n) is 4.48. The van der Waals surface area contributed by atoms with Crippen LogP contribution in [0.2, 0.25) is 0 Å². The van der Waals surface area contributed by atoms with Crippen molar-refractivity contribution in [3.05, 3.63) is 95.2 Å². The normalized spacial score (nSPS) is 16.6. The van der Waals surface area contributed by atoms with Gasteiger partial charge in [0.05, 0.1) is 17.5 Å². The van der Waals surface area contributed by atoms with Gasteiger partial charge in [0.15, 0.2) is 0 Å². The van der Waals surface area contributed by atoms with Crippen LogP contribution >= 0.6 is 0 Å². The first kappa shape index (κ1) is 16.3. The molecular weight excluding hydrogens is 331 g/mol. The molecule has 0 N–H and O–H groups in total. The molecule has 1 aliphatic rings. The monoisotopic (exact) mass is 348 g/mol. The summed E-state index contributed by atoms with van der Waals surface area (Å²) in [5, 5.41) is 5.84. The zero-order valence-electron chi connectivity index (χ0n) is 14.2. The average molecular weight is 348 g/mol. The minimum absolute atomic E-state index is 0.00189. The number of amides is 1. The van der Waals surface area contributed by atoms with Crippen molar-refractivity contribution in [3.63, 3.8) is 0 Å². The summed E-state index contributed by atoms with van der Waals surface area (Å²) < 4.78 is 19.6. The quantitative estimate of drug-likeness (QED) is 0.687. The predicted molar refractivity (Wildman–Crippen MR) is 96.4 cm³/mol. The molecule has 5 heteroatoms. The molecule has 4 rings (SSSR count). The van der Waals surface area contributed by atoms with Crippen molar-refractivity contribution in [2.24, 2.45) is 5.10 Å². The van der Waals surface area contributed by atoms with Crippen LogP contribution in [0.15, 0.2) is 76.4 Å². The van der Waals surface area contributed by atoms with Crippen LogP contribution in [0.1, 0.15) is 39.7 Å². The van der Waals surface area contributed by atoms with Crippen molar-refractivity contribution in [3.8, 4) is 0 Å². The molecule has 1 atom stereocenters. The number of halogens is 1. The summed E-state index contributed by atoms with van der Waals surface area (Å²) in [6, 6.07) is 17.1. The van der Waals surface area contributed by atoms with Crippen LogP contribution in [0.5, 0.6) is 0 Å². The number of benzene rings is 2. The van der Waals surface area contributed by atoms with Crippen molar-refractivity contribution >= 4 is 11.6 Å². The maximum absolute atomic E-state index is 14.1. The van der Waals surface area contributed by atoms with E-state index >= 15 is 0 Å². The number of furan rings is 1. The minimum atomic E-state index is -0.560. The largest absolute Gasteiger partial charge is 0.467 e. The number of carbonyl (C=O) groups is 1. The third kappa shape index (κ3) is 2.92. The van der Waals surface area contributed by atoms with Gasteiger partial charge in [-0.25, -0.2) is 9.40 Å². The van der Waals surface area contributed by atoms with Gasteiger partial charge in [-0.2, -0.15) is 5.10 Å². The lowest BCUT2D eigenvalue weighted by molar-refractivity contribution is 0.0688. The van der Waals surface area contributed by atoms with Gasteiger partial charge in [-0.1, -0.05) is 42.0 Å². The number of aryl methyl sites for hydroxylation is 1. The summed E-state index contributed by atoms with van der Waals surface area (Å²) in [7, 11) is 0. The van der Waals surface area contributed by atoms with Gasteiger partial charge in [-0.15, -0.1) is 0 Å². The summed E-state index contributed by atoms with van der Waals surface area (Å²) in [6.45, 7) is 2.01. The highest BCUT2D eigenvalue weighted by Crippen LogP contribution is 2.34. The Morgan fingerprint density at radius 1 is 1.12 bits per heavy atom. The molecule has 0 radical (unpaired) electrons. The molecule has 26 heavy (non-hydrogen) atoms. The van der Waals surface area contributed by atoms with E-state index in [4.69, 9.17) is 4.42 Å². The van der Waals surface area contributed by atoms with E-state index in [1.54, 1.807) is 30.5 Å². The molecular formula is C21H17FN2O2. The standard InChI is InChI=1S/C21H17FN2O2/c1-14-8-10-15(11-9-14)18-13-19(20-7-4-12-26-20)24(23-18)21(25)16-5-2-3-6-17(16)22/h2-12,19H,13H2,1H3/t19-/m0/s1. The highest BCUT2D eigenvalue weighted by molar-refractivity contribution is 6.05. The Bertz CT molecular complexity index is 962. The first-order valence-electron chi connectivity index (χ1n) is 8.39. The van der Waals surface area contributed by atoms with Crippen LogP contribution in [-0.4, -0.2) is 16.6 Å². The zero-order chi connectivity index (χ0) is 18.1. The highest BCUT2D eigenvalue weighted by Gasteiger charge is 2.36. The molecule has 0 unspecified atom stereocenters. The second-order valence-electron chi connectivity index (χ2n) is 6.28. The summed E-state index contributed by atoms with van der Waals surface area (Å²) in [6.07, 6.45) is 2.07. The molecule has 0 aliphatic carbocycles. The lowest BCUT2D eigenvalue weighted by Crippen LogP contribution is -2.27. The molecule has 2 aromatic carbocycles. The molecule has 1 amide bonds. The molecule has 0 saturated carbocycles. The molecule has 130 valence electrons. The van der Waals surface area contributed by atoms with E-state index in [0.29, 0.717) is 12.2 Å². The van der Waals surface area contributed by atoms with E-state index < -0.39 is 17.8 Å². The molecule has 0 saturated heterocycles. The van der Waals surface area contributed by atoms with Crippen LogP contribution in [0.25, 0.3) is 0 Å². The van der Waals surface area contributed by atoms with Gasteiger partial charge in [0, 0.05) is 6.42 Å². The van der Waals surface area contributed by atoms with Gasteiger partial charge in [0.1, 0.15) is 17.6 Å². The van der Waals surface area contributed by atoms with Crippen LogP contribution in [0, 0.1) is 12.7 Å². The second kappa shape index (κ2) is 6.59. The molecule has 4 nitrogen and oxygen atoms in total. The van der Waals surface area contributed by atoms with Gasteiger partial charge in [-0.3, -0.25) is 4.79 Å². The van der Waals surface area contributed by atoms with E-state index in [1.807, 2.05) is 31.2 Å². The molecule has 3 aromatic rings. The maximum atomic E-state index is 14.1. The number of hydrogen-bond donors (Lipinski definition) is 0. The van der Waals surface area contributed by atoms with Gasteiger partial charge >= 0.3 is 0 Å². The van der Waals surface area contributed by atoms with Crippen LogP contribution in [-0.2, 0) is 0 Å². The van der Waals surface area contributed by atoms with E-state index in [1.165, 1.54) is 17.1 Å². The van der Waals surface area contributed by atoms with E-state index in [0.717, 1.165) is 16.8 Å². The Balaban J connectivity index is 1.73. The van der Waals surface area contributed by atoms with Crippen LogP contribution < -0.4 is 0 Å². The average Bonchev–Trinajstić information content (AvgIpc) is 3.32. The van der Waals surface area contributed by atoms with Crippen molar-refractivity contribution < 1.29 is 13.6 Å². The van der Waals surface area contributed by atoms with Gasteiger partial charge in [-0.05, 0) is 36.8 Å². The lowest BCUT2D eigenvalue weighted by Gasteiger charge is -2.20. The smallest absolute Gasteiger partial charge is 0.277 e. The van der Waals surface area contributed by atoms with E-state index in [2.05, 4.69) is 5.10 Å². The molecule has 0 fully saturated rings. The Kier molecular flexibility index (Phi) is 4.13. The fourth-order valence-electron chi connectivity index (χ4n) is 3.08. The van der Waals surface area contributed by atoms with Gasteiger partial charge in [0.2, 0.25) is 0 Å². The topological polar surface area (TPSA) is 45.8 Å². The van der Waals surface area contributed by atoms with Crippen molar-refractivity contribution in [1.82, 2.24) is 5.01 Å². The Morgan fingerprint density at radius 2 is 1.88 bits per heavy atom. The Hall–Kier alpha value is -3.21. The molecule has 0 bridgehead atoms. The minimum Gasteiger partial charge on any atom is -0.467 e. The van der Waals surface area contributed by atoms with Crippen molar-refractivity contribution in [2.45, 2.75) is 19.4 Å². The van der Waals surface area contributed by atoms with Crippen molar-refractivity contribution in [1.29, 1.82) is 0 Å². The molecule has 2 heterocycles. The number of nitrogens with zero attached hydrogens (tertiary/aromatic N) is 2. The first-order valence-corrected chi connectivity index (χ1v) is 8.39. The zero-order valence-corrected chi connectivity index (χ0v) is 14.2. The number of hydrazone groups is 1.